The van der Waals surface area contributed by atoms with Gasteiger partial charge in [0.05, 0.1) is 17.1 Å². The molecule has 5 nitrogen and oxygen atoms in total. The van der Waals surface area contributed by atoms with E-state index in [0.717, 1.165) is 30.7 Å². The lowest BCUT2D eigenvalue weighted by molar-refractivity contribution is -0.122. The molecule has 8 heteroatoms. The number of rotatable bonds is 4. The van der Waals surface area contributed by atoms with E-state index in [1.54, 1.807) is 6.07 Å². The number of aromatic nitrogens is 2. The van der Waals surface area contributed by atoms with Crippen LogP contribution < -0.4 is 10.6 Å². The number of aryl methyl sites for hydroxylation is 1. The van der Waals surface area contributed by atoms with E-state index in [2.05, 4.69) is 15.6 Å². The highest BCUT2D eigenvalue weighted by molar-refractivity contribution is 5.85. The maximum Gasteiger partial charge on any atom is 0.237 e. The molecular weight excluding hydrogens is 342 g/mol. The van der Waals surface area contributed by atoms with E-state index < -0.39 is 0 Å². The van der Waals surface area contributed by atoms with Gasteiger partial charge in [0, 0.05) is 26.1 Å². The molecule has 0 radical (unpaired) electrons. The second-order valence-electron chi connectivity index (χ2n) is 5.41. The first-order chi connectivity index (χ1) is 10.1. The Bertz CT molecular complexity index is 671. The number of imidazole rings is 1. The highest BCUT2D eigenvalue weighted by Crippen LogP contribution is 2.16. The third-order valence-electron chi connectivity index (χ3n) is 3.96. The van der Waals surface area contributed by atoms with E-state index in [1.165, 1.54) is 12.1 Å². The molecule has 0 spiro atoms. The first kappa shape index (κ1) is 19.7. The maximum atomic E-state index is 13.2. The second kappa shape index (κ2) is 8.47. The smallest absolute Gasteiger partial charge is 0.237 e. The summed E-state index contributed by atoms with van der Waals surface area (Å²) in [4.78, 5) is 16.3. The Labute approximate surface area is 146 Å². The largest absolute Gasteiger partial charge is 0.354 e. The van der Waals surface area contributed by atoms with E-state index in [-0.39, 0.29) is 42.6 Å². The summed E-state index contributed by atoms with van der Waals surface area (Å²) in [6.07, 6.45) is 2.58. The van der Waals surface area contributed by atoms with Crippen molar-refractivity contribution in [1.82, 2.24) is 20.2 Å². The standard InChI is InChI=1S/C15H19FN4O.2ClH/c1-20-13-5-4-10(16)9-12(13)19-14(20)6-8-18-15(21)11-3-2-7-17-11;;/h4-5,9,11,17H,2-3,6-8H2,1H3,(H,18,21);2*1H. The molecule has 128 valence electrons. The average Bonchev–Trinajstić information content (AvgIpc) is 3.08. The fourth-order valence-corrected chi connectivity index (χ4v) is 2.78. The first-order valence-corrected chi connectivity index (χ1v) is 7.27. The zero-order valence-electron chi connectivity index (χ0n) is 12.8. The number of benzene rings is 1. The molecule has 1 aliphatic rings. The number of fused-ring (bicyclic) bond motifs is 1. The average molecular weight is 363 g/mol. The van der Waals surface area contributed by atoms with Gasteiger partial charge in [-0.05, 0) is 31.5 Å². The monoisotopic (exact) mass is 362 g/mol. The van der Waals surface area contributed by atoms with Crippen molar-refractivity contribution in [3.8, 4) is 0 Å². The number of carbonyl (C=O) groups is 1. The molecule has 0 aliphatic carbocycles. The molecule has 2 heterocycles. The van der Waals surface area contributed by atoms with Crippen LogP contribution in [0.4, 0.5) is 4.39 Å². The Morgan fingerprint density at radius 1 is 1.48 bits per heavy atom. The Morgan fingerprint density at radius 2 is 2.26 bits per heavy atom. The summed E-state index contributed by atoms with van der Waals surface area (Å²) < 4.78 is 15.1. The molecule has 1 aromatic heterocycles. The van der Waals surface area contributed by atoms with E-state index in [4.69, 9.17) is 0 Å². The van der Waals surface area contributed by atoms with Crippen LogP contribution in [0, 0.1) is 5.82 Å². The molecule has 1 aliphatic heterocycles. The Balaban J connectivity index is 0.00000132. The van der Waals surface area contributed by atoms with Gasteiger partial charge in [-0.1, -0.05) is 0 Å². The number of halogens is 3. The van der Waals surface area contributed by atoms with Crippen molar-refractivity contribution in [3.05, 3.63) is 29.8 Å². The molecule has 1 fully saturated rings. The lowest BCUT2D eigenvalue weighted by atomic mass is 10.2. The molecule has 1 unspecified atom stereocenters. The summed E-state index contributed by atoms with van der Waals surface area (Å²) in [5.74, 6) is 0.611. The third-order valence-corrected chi connectivity index (χ3v) is 3.96. The van der Waals surface area contributed by atoms with Gasteiger partial charge in [0.15, 0.2) is 0 Å². The number of nitrogens with one attached hydrogen (secondary N) is 2. The molecule has 1 saturated heterocycles. The predicted octanol–water partition coefficient (Wildman–Crippen LogP) is 1.97. The molecule has 1 aromatic carbocycles. The van der Waals surface area contributed by atoms with Gasteiger partial charge in [0.25, 0.3) is 0 Å². The van der Waals surface area contributed by atoms with E-state index in [0.29, 0.717) is 18.5 Å². The molecule has 2 N–H and O–H groups in total. The van der Waals surface area contributed by atoms with Crippen LogP contribution >= 0.6 is 24.8 Å². The number of hydrogen-bond donors (Lipinski definition) is 2. The fourth-order valence-electron chi connectivity index (χ4n) is 2.78. The zero-order chi connectivity index (χ0) is 14.8. The van der Waals surface area contributed by atoms with Gasteiger partial charge in [-0.25, -0.2) is 9.37 Å². The van der Waals surface area contributed by atoms with Crippen molar-refractivity contribution >= 4 is 41.8 Å². The van der Waals surface area contributed by atoms with Crippen LogP contribution in [0.5, 0.6) is 0 Å². The first-order valence-electron chi connectivity index (χ1n) is 7.27. The maximum absolute atomic E-state index is 13.2. The lowest BCUT2D eigenvalue weighted by Gasteiger charge is -2.10. The SMILES string of the molecule is Cl.Cl.Cn1c(CCNC(=O)C2CCCN2)nc2cc(F)ccc21. The molecule has 1 amide bonds. The quantitative estimate of drug-likeness (QED) is 0.873. The van der Waals surface area contributed by atoms with Crippen LogP contribution in [0.15, 0.2) is 18.2 Å². The van der Waals surface area contributed by atoms with Crippen LogP contribution in [-0.2, 0) is 18.3 Å². The van der Waals surface area contributed by atoms with Crippen molar-refractivity contribution in [1.29, 1.82) is 0 Å². The van der Waals surface area contributed by atoms with E-state index in [1.807, 2.05) is 11.6 Å². The summed E-state index contributed by atoms with van der Waals surface area (Å²) in [6, 6.07) is 4.53. The van der Waals surface area contributed by atoms with Crippen molar-refractivity contribution in [3.63, 3.8) is 0 Å². The number of amides is 1. The minimum Gasteiger partial charge on any atom is -0.354 e. The second-order valence-corrected chi connectivity index (χ2v) is 5.41. The highest BCUT2D eigenvalue weighted by atomic mass is 35.5. The lowest BCUT2D eigenvalue weighted by Crippen LogP contribution is -2.41. The van der Waals surface area contributed by atoms with Crippen molar-refractivity contribution in [2.75, 3.05) is 13.1 Å². The Kier molecular flexibility index (Phi) is 7.25. The Morgan fingerprint density at radius 3 is 2.96 bits per heavy atom. The van der Waals surface area contributed by atoms with Gasteiger partial charge in [-0.3, -0.25) is 4.79 Å². The molecular formula is C15H21Cl2FN4O. The van der Waals surface area contributed by atoms with Crippen LogP contribution in [0.3, 0.4) is 0 Å². The molecule has 3 rings (SSSR count). The highest BCUT2D eigenvalue weighted by Gasteiger charge is 2.21. The number of nitrogens with zero attached hydrogens (tertiary/aromatic N) is 2. The van der Waals surface area contributed by atoms with E-state index >= 15 is 0 Å². The zero-order valence-corrected chi connectivity index (χ0v) is 14.5. The van der Waals surface area contributed by atoms with Gasteiger partial charge in [0.1, 0.15) is 11.6 Å². The van der Waals surface area contributed by atoms with Crippen LogP contribution in [0.2, 0.25) is 0 Å². The molecule has 0 bridgehead atoms. The minimum atomic E-state index is -0.284. The predicted molar refractivity (Wildman–Crippen MR) is 92.9 cm³/mol. The normalized spacial score (nSPS) is 16.7. The fraction of sp³-hybridized carbons (Fsp3) is 0.467. The van der Waals surface area contributed by atoms with Crippen LogP contribution in [0.25, 0.3) is 11.0 Å². The van der Waals surface area contributed by atoms with Gasteiger partial charge in [0.2, 0.25) is 5.91 Å². The Hall–Kier alpha value is -1.37. The molecule has 0 saturated carbocycles. The number of carbonyl (C=O) groups excluding carboxylic acids is 1. The van der Waals surface area contributed by atoms with Crippen molar-refractivity contribution in [2.24, 2.45) is 7.05 Å². The topological polar surface area (TPSA) is 59.0 Å². The summed E-state index contributed by atoms with van der Waals surface area (Å²) in [6.45, 7) is 1.45. The summed E-state index contributed by atoms with van der Waals surface area (Å²) >= 11 is 0. The molecule has 1 atom stereocenters. The summed E-state index contributed by atoms with van der Waals surface area (Å²) in [7, 11) is 1.91. The molecule has 23 heavy (non-hydrogen) atoms. The molecule has 2 aromatic rings. The summed E-state index contributed by atoms with van der Waals surface area (Å²) in [5, 5.41) is 6.10. The third kappa shape index (κ3) is 4.34. The van der Waals surface area contributed by atoms with Gasteiger partial charge < -0.3 is 15.2 Å². The van der Waals surface area contributed by atoms with Gasteiger partial charge >= 0.3 is 0 Å². The van der Waals surface area contributed by atoms with Gasteiger partial charge in [-0.2, -0.15) is 0 Å². The van der Waals surface area contributed by atoms with Crippen molar-refractivity contribution < 1.29 is 9.18 Å². The van der Waals surface area contributed by atoms with Crippen LogP contribution in [-0.4, -0.2) is 34.6 Å². The van der Waals surface area contributed by atoms with E-state index in [9.17, 15) is 9.18 Å². The number of hydrogen-bond acceptors (Lipinski definition) is 3. The van der Waals surface area contributed by atoms with Crippen molar-refractivity contribution in [2.45, 2.75) is 25.3 Å². The van der Waals surface area contributed by atoms with Crippen LogP contribution in [0.1, 0.15) is 18.7 Å². The van der Waals surface area contributed by atoms with Gasteiger partial charge in [-0.15, -0.1) is 24.8 Å². The summed E-state index contributed by atoms with van der Waals surface area (Å²) in [5.41, 5.74) is 1.55. The minimum absolute atomic E-state index is 0.